The van der Waals surface area contributed by atoms with Crippen LogP contribution in [0.15, 0.2) is 48.6 Å². The number of ether oxygens (including phenoxy) is 6. The van der Waals surface area contributed by atoms with Gasteiger partial charge in [-0.25, -0.2) is 0 Å². The molecule has 0 aromatic rings. The molecule has 418 valence electrons. The maximum Gasteiger partial charge on any atom is 0.306 e. The fraction of sp³-hybridized carbons (Fsp3) is 0.825. The quantitative estimate of drug-likeness (QED) is 0.0171. The van der Waals surface area contributed by atoms with Crippen LogP contribution >= 0.6 is 0 Å². The summed E-state index contributed by atoms with van der Waals surface area (Å²) in [5.41, 5.74) is 0. The van der Waals surface area contributed by atoms with Crippen molar-refractivity contribution in [2.24, 2.45) is 0 Å². The van der Waals surface area contributed by atoms with E-state index in [-0.39, 0.29) is 19.4 Å². The zero-order valence-corrected chi connectivity index (χ0v) is 44.4. The maximum atomic E-state index is 13.0. The zero-order valence-electron chi connectivity index (χ0n) is 44.4. The Kier molecular flexibility index (Phi) is 39.8. The number of allylic oxidation sites excluding steroid dienone is 8. The third-order valence-corrected chi connectivity index (χ3v) is 13.3. The van der Waals surface area contributed by atoms with Gasteiger partial charge in [-0.2, -0.15) is 0 Å². The molecular weight excluding hydrogens is 925 g/mol. The number of esters is 2. The number of aliphatic hydroxyl groups is 7. The molecular formula is C57H100O15. The van der Waals surface area contributed by atoms with Crippen LogP contribution < -0.4 is 0 Å². The Hall–Kier alpha value is -2.54. The first kappa shape index (κ1) is 65.6. The molecule has 2 rings (SSSR count). The molecule has 0 saturated carbocycles. The fourth-order valence-corrected chi connectivity index (χ4v) is 8.70. The summed E-state index contributed by atoms with van der Waals surface area (Å²) >= 11 is 0. The summed E-state index contributed by atoms with van der Waals surface area (Å²) in [5, 5.41) is 72.2. The lowest BCUT2D eigenvalue weighted by Gasteiger charge is -2.42. The molecule has 2 aliphatic rings. The first-order valence-electron chi connectivity index (χ1n) is 28.2. The van der Waals surface area contributed by atoms with Crippen LogP contribution in [0.3, 0.4) is 0 Å². The van der Waals surface area contributed by atoms with Crippen molar-refractivity contribution in [1.29, 1.82) is 0 Å². The topological polar surface area (TPSA) is 231 Å². The number of unbranched alkanes of at least 4 members (excludes halogenated alkanes) is 22. The highest BCUT2D eigenvalue weighted by Gasteiger charge is 2.47. The van der Waals surface area contributed by atoms with Crippen molar-refractivity contribution in [1.82, 2.24) is 0 Å². The lowest BCUT2D eigenvalue weighted by molar-refractivity contribution is -0.332. The molecule has 0 spiro atoms. The van der Waals surface area contributed by atoms with Crippen LogP contribution in [0.25, 0.3) is 0 Å². The summed E-state index contributed by atoms with van der Waals surface area (Å²) in [6, 6.07) is 0. The van der Waals surface area contributed by atoms with Crippen molar-refractivity contribution in [3.8, 4) is 0 Å². The summed E-state index contributed by atoms with van der Waals surface area (Å²) in [6.45, 7) is 2.46. The molecule has 11 atom stereocenters. The minimum Gasteiger partial charge on any atom is -0.462 e. The molecule has 15 nitrogen and oxygen atoms in total. The van der Waals surface area contributed by atoms with Gasteiger partial charge in [0.25, 0.3) is 0 Å². The molecule has 0 aliphatic carbocycles. The van der Waals surface area contributed by atoms with Crippen LogP contribution in [0.5, 0.6) is 0 Å². The van der Waals surface area contributed by atoms with Crippen molar-refractivity contribution in [2.75, 3.05) is 26.4 Å². The van der Waals surface area contributed by atoms with E-state index in [9.17, 15) is 45.3 Å². The molecule has 0 radical (unpaired) electrons. The summed E-state index contributed by atoms with van der Waals surface area (Å²) in [4.78, 5) is 25.8. The number of carbonyl (C=O) groups is 2. The van der Waals surface area contributed by atoms with Crippen molar-refractivity contribution in [2.45, 2.75) is 274 Å². The minimum atomic E-state index is -1.77. The van der Waals surface area contributed by atoms with Gasteiger partial charge in [0, 0.05) is 12.8 Å². The highest BCUT2D eigenvalue weighted by Crippen LogP contribution is 2.27. The lowest BCUT2D eigenvalue weighted by atomic mass is 9.98. The number of hydrogen-bond donors (Lipinski definition) is 7. The predicted molar refractivity (Wildman–Crippen MR) is 280 cm³/mol. The van der Waals surface area contributed by atoms with Gasteiger partial charge in [0.2, 0.25) is 0 Å². The molecule has 0 amide bonds. The number of hydrogen-bond acceptors (Lipinski definition) is 15. The Labute approximate surface area is 433 Å². The fourth-order valence-electron chi connectivity index (χ4n) is 8.70. The van der Waals surface area contributed by atoms with E-state index in [1.54, 1.807) is 0 Å². The van der Waals surface area contributed by atoms with E-state index in [0.29, 0.717) is 12.8 Å². The largest absolute Gasteiger partial charge is 0.462 e. The Morgan fingerprint density at radius 2 is 0.875 bits per heavy atom. The number of aliphatic hydroxyl groups excluding tert-OH is 7. The van der Waals surface area contributed by atoms with E-state index in [1.165, 1.54) is 109 Å². The normalized spacial score (nSPS) is 25.3. The third kappa shape index (κ3) is 30.7. The second-order valence-electron chi connectivity index (χ2n) is 19.7. The van der Waals surface area contributed by atoms with Crippen molar-refractivity contribution in [3.63, 3.8) is 0 Å². The molecule has 0 bridgehead atoms. The van der Waals surface area contributed by atoms with Gasteiger partial charge < -0.3 is 64.2 Å². The lowest BCUT2D eigenvalue weighted by Crippen LogP contribution is -2.61. The van der Waals surface area contributed by atoms with E-state index >= 15 is 0 Å². The Bertz CT molecular complexity index is 1440. The highest BCUT2D eigenvalue weighted by molar-refractivity contribution is 5.70. The molecule has 0 aromatic heterocycles. The summed E-state index contributed by atoms with van der Waals surface area (Å²) in [6.07, 6.45) is 32.9. The molecule has 2 aliphatic heterocycles. The molecule has 2 heterocycles. The van der Waals surface area contributed by atoms with Crippen LogP contribution in [-0.4, -0.2) is 142 Å². The molecule has 72 heavy (non-hydrogen) atoms. The Morgan fingerprint density at radius 3 is 1.40 bits per heavy atom. The Morgan fingerprint density at radius 1 is 0.458 bits per heavy atom. The standard InChI is InChI=1S/C57H100O15/c1-3-5-7-9-11-13-15-17-18-19-20-21-22-23-24-25-26-28-29-31-33-35-37-39-48(59)67-42-45(70-49(60)40-38-36-34-32-30-27-16-14-12-10-8-6-4-2)43-68-56-55(66)53(64)51(62)47(72-56)44-69-57-54(65)52(63)50(61)46(41-58)71-57/h6,8,12,14,19-20,27,30,45-47,50-58,61-66H,3-5,7,9-11,13,15-18,21-26,28-29,31-44H2,1-2H3/b8-6-,14-12-,20-19-,30-27-. The summed E-state index contributed by atoms with van der Waals surface area (Å²) < 4.78 is 33.6. The van der Waals surface area contributed by atoms with Gasteiger partial charge in [-0.05, 0) is 70.6 Å². The van der Waals surface area contributed by atoms with Crippen molar-refractivity contribution >= 4 is 11.9 Å². The van der Waals surface area contributed by atoms with Gasteiger partial charge in [-0.1, -0.05) is 172 Å². The molecule has 0 aromatic carbocycles. The van der Waals surface area contributed by atoms with Gasteiger partial charge in [0.15, 0.2) is 18.7 Å². The van der Waals surface area contributed by atoms with E-state index in [4.69, 9.17) is 28.4 Å². The van der Waals surface area contributed by atoms with Gasteiger partial charge >= 0.3 is 11.9 Å². The molecule has 2 fully saturated rings. The summed E-state index contributed by atoms with van der Waals surface area (Å²) in [7, 11) is 0. The highest BCUT2D eigenvalue weighted by atomic mass is 16.7. The second-order valence-corrected chi connectivity index (χ2v) is 19.7. The minimum absolute atomic E-state index is 0.129. The van der Waals surface area contributed by atoms with Crippen LogP contribution in [0.4, 0.5) is 0 Å². The van der Waals surface area contributed by atoms with Crippen LogP contribution in [0.2, 0.25) is 0 Å². The molecule has 2 saturated heterocycles. The average Bonchev–Trinajstić information content (AvgIpc) is 3.37. The SMILES string of the molecule is CC/C=C\C/C=C\C/C=C\CCCCCC(=O)OC(COC(=O)CCCCCCCCCCCCC/C=C\CCCCCCCCCC)COC1OC(COC2OC(CO)C(O)C(O)C2O)C(O)C(O)C1O. The smallest absolute Gasteiger partial charge is 0.306 e. The van der Waals surface area contributed by atoms with Crippen molar-refractivity contribution in [3.05, 3.63) is 48.6 Å². The first-order chi connectivity index (χ1) is 35.0. The van der Waals surface area contributed by atoms with E-state index in [0.717, 1.165) is 57.8 Å². The van der Waals surface area contributed by atoms with Crippen molar-refractivity contribution < 1.29 is 73.8 Å². The monoisotopic (exact) mass is 1020 g/mol. The van der Waals surface area contributed by atoms with Gasteiger partial charge in [-0.15, -0.1) is 0 Å². The zero-order chi connectivity index (χ0) is 52.4. The molecule has 15 heteroatoms. The van der Waals surface area contributed by atoms with Gasteiger partial charge in [0.1, 0.15) is 55.4 Å². The average molecular weight is 1030 g/mol. The van der Waals surface area contributed by atoms with Gasteiger partial charge in [-0.3, -0.25) is 9.59 Å². The van der Waals surface area contributed by atoms with Crippen LogP contribution in [0.1, 0.15) is 206 Å². The Balaban J connectivity index is 1.73. The van der Waals surface area contributed by atoms with E-state index < -0.39 is 99.3 Å². The van der Waals surface area contributed by atoms with Crippen LogP contribution in [0, 0.1) is 0 Å². The maximum absolute atomic E-state index is 13.0. The molecule has 11 unspecified atom stereocenters. The predicted octanol–water partition coefficient (Wildman–Crippen LogP) is 9.05. The second kappa shape index (κ2) is 43.7. The van der Waals surface area contributed by atoms with Crippen LogP contribution in [-0.2, 0) is 38.0 Å². The number of rotatable bonds is 44. The molecule has 7 N–H and O–H groups in total. The third-order valence-electron chi connectivity index (χ3n) is 13.3. The summed E-state index contributed by atoms with van der Waals surface area (Å²) in [5.74, 6) is -0.958. The van der Waals surface area contributed by atoms with Gasteiger partial charge in [0.05, 0.1) is 19.8 Å². The first-order valence-corrected chi connectivity index (χ1v) is 28.2. The number of carbonyl (C=O) groups excluding carboxylic acids is 2. The van der Waals surface area contributed by atoms with E-state index in [2.05, 4.69) is 62.5 Å². The van der Waals surface area contributed by atoms with E-state index in [1.807, 2.05) is 0 Å².